The van der Waals surface area contributed by atoms with Gasteiger partial charge in [0.2, 0.25) is 5.89 Å². The molecule has 8 nitrogen and oxygen atoms in total. The van der Waals surface area contributed by atoms with Gasteiger partial charge in [0.15, 0.2) is 9.84 Å². The first kappa shape index (κ1) is 22.4. The Morgan fingerprint density at radius 1 is 1.16 bits per heavy atom. The van der Waals surface area contributed by atoms with Gasteiger partial charge in [-0.1, -0.05) is 0 Å². The van der Waals surface area contributed by atoms with E-state index >= 15 is 0 Å². The van der Waals surface area contributed by atoms with E-state index in [1.807, 2.05) is 0 Å². The molecule has 0 aliphatic rings. The van der Waals surface area contributed by atoms with Gasteiger partial charge in [-0.15, -0.1) is 11.3 Å². The zero-order valence-electron chi connectivity index (χ0n) is 16.8. The quantitative estimate of drug-likeness (QED) is 0.417. The predicted octanol–water partition coefficient (Wildman–Crippen LogP) is 3.70. The van der Waals surface area contributed by atoms with Crippen molar-refractivity contribution in [3.8, 4) is 11.5 Å². The minimum atomic E-state index is -4.17. The molecule has 12 heteroatoms. The number of sulfonamides is 1. The Hall–Kier alpha value is -2.80. The normalized spacial score (nSPS) is 12.4. The highest BCUT2D eigenvalue weighted by Crippen LogP contribution is 2.36. The molecule has 32 heavy (non-hydrogen) atoms. The summed E-state index contributed by atoms with van der Waals surface area (Å²) in [6, 6.07) is 7.99. The zero-order chi connectivity index (χ0) is 23.3. The minimum Gasteiger partial charge on any atom is -0.444 e. The number of aliphatic hydroxyl groups excluding tert-OH is 1. The lowest BCUT2D eigenvalue weighted by Gasteiger charge is -2.12. The second-order valence-electron chi connectivity index (χ2n) is 7.05. The molecule has 0 unspecified atom stereocenters. The highest BCUT2D eigenvalue weighted by atomic mass is 32.2. The third-order valence-electron chi connectivity index (χ3n) is 4.68. The summed E-state index contributed by atoms with van der Waals surface area (Å²) in [5.74, 6) is -0.406. The maximum atomic E-state index is 13.6. The van der Waals surface area contributed by atoms with Crippen LogP contribution in [0.5, 0.6) is 0 Å². The van der Waals surface area contributed by atoms with Gasteiger partial charge in [0.1, 0.15) is 22.0 Å². The van der Waals surface area contributed by atoms with E-state index in [0.29, 0.717) is 21.2 Å². The van der Waals surface area contributed by atoms with Crippen molar-refractivity contribution in [2.75, 3.05) is 11.0 Å². The van der Waals surface area contributed by atoms with E-state index in [2.05, 4.69) is 9.71 Å². The molecule has 4 aromatic rings. The molecule has 0 atom stereocenters. The molecule has 0 bridgehead atoms. The Morgan fingerprint density at radius 2 is 1.91 bits per heavy atom. The molecule has 0 aliphatic heterocycles. The number of aromatic nitrogens is 1. The summed E-state index contributed by atoms with van der Waals surface area (Å²) in [4.78, 5) is 3.77. The first-order valence-electron chi connectivity index (χ1n) is 9.11. The van der Waals surface area contributed by atoms with E-state index < -0.39 is 25.7 Å². The van der Waals surface area contributed by atoms with Crippen LogP contribution in [0.1, 0.15) is 11.3 Å². The van der Waals surface area contributed by atoms with Crippen LogP contribution >= 0.6 is 11.3 Å². The number of benzene rings is 2. The fourth-order valence-corrected chi connectivity index (χ4v) is 6.93. The molecule has 2 N–H and O–H groups in total. The average molecular weight is 497 g/mol. The largest absolute Gasteiger partial charge is 0.444 e. The molecule has 0 fully saturated rings. The first-order valence-corrected chi connectivity index (χ1v) is 13.3. The zero-order valence-corrected chi connectivity index (χ0v) is 19.2. The van der Waals surface area contributed by atoms with E-state index in [1.54, 1.807) is 6.92 Å². The highest BCUT2D eigenvalue weighted by Gasteiger charge is 2.25. The summed E-state index contributed by atoms with van der Waals surface area (Å²) < 4.78 is 72.7. The van der Waals surface area contributed by atoms with Crippen LogP contribution in [0.15, 0.2) is 56.2 Å². The predicted molar refractivity (Wildman–Crippen MR) is 118 cm³/mol. The van der Waals surface area contributed by atoms with Crippen molar-refractivity contribution in [1.82, 2.24) is 4.98 Å². The van der Waals surface area contributed by atoms with Crippen molar-refractivity contribution >= 4 is 47.0 Å². The van der Waals surface area contributed by atoms with Gasteiger partial charge in [0, 0.05) is 16.5 Å². The maximum absolute atomic E-state index is 13.6. The summed E-state index contributed by atoms with van der Waals surface area (Å²) in [6.07, 6.45) is 2.19. The molecule has 0 amide bonds. The van der Waals surface area contributed by atoms with E-state index in [1.165, 1.54) is 42.7 Å². The van der Waals surface area contributed by atoms with E-state index in [0.717, 1.165) is 17.6 Å². The van der Waals surface area contributed by atoms with Crippen LogP contribution in [0.3, 0.4) is 0 Å². The molecular weight excluding hydrogens is 479 g/mol. The third-order valence-corrected chi connectivity index (χ3v) is 9.08. The standard InChI is InChI=1S/C20H17FN2O6S3/c1-11-15-8-13(21)4-6-17(15)30-20(11)32(27,28)23-16-5-3-12(7-18(16)31(2,25)26)19-22-14(9-24)10-29-19/h3-8,10,23-24H,9H2,1-2H3. The van der Waals surface area contributed by atoms with Crippen LogP contribution in [0.2, 0.25) is 0 Å². The topological polar surface area (TPSA) is 127 Å². The second-order valence-corrected chi connectivity index (χ2v) is 12.0. The molecule has 0 saturated heterocycles. The molecule has 2 heterocycles. The fraction of sp³-hybridized carbons (Fsp3) is 0.150. The summed E-state index contributed by atoms with van der Waals surface area (Å²) in [6.45, 7) is 1.22. The lowest BCUT2D eigenvalue weighted by molar-refractivity contribution is 0.276. The number of sulfone groups is 1. The molecule has 0 spiro atoms. The van der Waals surface area contributed by atoms with Crippen molar-refractivity contribution in [3.05, 3.63) is 59.7 Å². The van der Waals surface area contributed by atoms with Gasteiger partial charge in [0.25, 0.3) is 10.0 Å². The monoisotopic (exact) mass is 496 g/mol. The number of nitrogens with one attached hydrogen (secondary N) is 1. The van der Waals surface area contributed by atoms with Gasteiger partial charge >= 0.3 is 0 Å². The number of anilines is 1. The van der Waals surface area contributed by atoms with Gasteiger partial charge in [-0.25, -0.2) is 26.2 Å². The van der Waals surface area contributed by atoms with Crippen molar-refractivity contribution in [1.29, 1.82) is 0 Å². The molecule has 4 rings (SSSR count). The van der Waals surface area contributed by atoms with E-state index in [-0.39, 0.29) is 33.0 Å². The first-order chi connectivity index (χ1) is 15.0. The van der Waals surface area contributed by atoms with Crippen LogP contribution in [0.25, 0.3) is 21.5 Å². The molecule has 0 radical (unpaired) electrons. The van der Waals surface area contributed by atoms with Crippen LogP contribution in [-0.4, -0.2) is 33.2 Å². The molecule has 2 aromatic carbocycles. The van der Waals surface area contributed by atoms with Crippen LogP contribution < -0.4 is 4.72 Å². The average Bonchev–Trinajstić information content (AvgIpc) is 3.32. The van der Waals surface area contributed by atoms with Crippen molar-refractivity contribution in [3.63, 3.8) is 0 Å². The molecule has 0 saturated carbocycles. The highest BCUT2D eigenvalue weighted by molar-refractivity contribution is 7.95. The lowest BCUT2D eigenvalue weighted by Crippen LogP contribution is -2.15. The SMILES string of the molecule is Cc1c(S(=O)(=O)Nc2ccc(-c3nc(CO)co3)cc2S(C)(=O)=O)sc2ccc(F)cc12. The second kappa shape index (κ2) is 7.96. The maximum Gasteiger partial charge on any atom is 0.271 e. The van der Waals surface area contributed by atoms with E-state index in [9.17, 15) is 21.2 Å². The van der Waals surface area contributed by atoms with Crippen LogP contribution in [-0.2, 0) is 26.5 Å². The number of aliphatic hydroxyl groups is 1. The van der Waals surface area contributed by atoms with Gasteiger partial charge in [0.05, 0.1) is 17.2 Å². The summed E-state index contributed by atoms with van der Waals surface area (Å²) >= 11 is 0.962. The number of thiophene rings is 1. The summed E-state index contributed by atoms with van der Waals surface area (Å²) in [7, 11) is -8.02. The number of hydrogen-bond donors (Lipinski definition) is 2. The van der Waals surface area contributed by atoms with Gasteiger partial charge < -0.3 is 9.52 Å². The number of oxazole rings is 1. The minimum absolute atomic E-state index is 0.0399. The molecule has 0 aliphatic carbocycles. The Labute approximate surface area is 187 Å². The number of rotatable bonds is 6. The number of fused-ring (bicyclic) bond motifs is 1. The third kappa shape index (κ3) is 4.13. The number of hydrogen-bond acceptors (Lipinski definition) is 8. The number of halogens is 1. The summed E-state index contributed by atoms with van der Waals surface area (Å²) in [5.41, 5.74) is 0.781. The lowest BCUT2D eigenvalue weighted by atomic mass is 10.2. The van der Waals surface area contributed by atoms with Crippen molar-refractivity contribution in [2.45, 2.75) is 22.6 Å². The Morgan fingerprint density at radius 3 is 2.56 bits per heavy atom. The van der Waals surface area contributed by atoms with Gasteiger partial charge in [-0.2, -0.15) is 0 Å². The molecular formula is C20H17FN2O6S3. The molecule has 168 valence electrons. The van der Waals surface area contributed by atoms with Crippen LogP contribution in [0.4, 0.5) is 10.1 Å². The Kier molecular flexibility index (Phi) is 5.57. The fourth-order valence-electron chi connectivity index (χ4n) is 3.18. The Balaban J connectivity index is 1.79. The van der Waals surface area contributed by atoms with Crippen LogP contribution in [0, 0.1) is 12.7 Å². The molecule has 2 aromatic heterocycles. The van der Waals surface area contributed by atoms with Crippen molar-refractivity contribution in [2.24, 2.45) is 0 Å². The van der Waals surface area contributed by atoms with E-state index in [4.69, 9.17) is 9.52 Å². The Bertz CT molecular complexity index is 1560. The van der Waals surface area contributed by atoms with Crippen molar-refractivity contribution < 1.29 is 30.7 Å². The number of nitrogens with zero attached hydrogens (tertiary/aromatic N) is 1. The van der Waals surface area contributed by atoms with Gasteiger partial charge in [-0.3, -0.25) is 4.72 Å². The summed E-state index contributed by atoms with van der Waals surface area (Å²) in [5, 5.41) is 9.61. The number of aryl methyl sites for hydroxylation is 1. The van der Waals surface area contributed by atoms with Gasteiger partial charge in [-0.05, 0) is 54.3 Å². The smallest absolute Gasteiger partial charge is 0.271 e.